The molecule has 19 heavy (non-hydrogen) atoms. The van der Waals surface area contributed by atoms with Gasteiger partial charge >= 0.3 is 23.8 Å². The molecule has 0 aliphatic carbocycles. The molecule has 7 nitrogen and oxygen atoms in total. The summed E-state index contributed by atoms with van der Waals surface area (Å²) in [6.45, 7) is -0.130. The summed E-state index contributed by atoms with van der Waals surface area (Å²) in [4.78, 5) is 46.8. The lowest BCUT2D eigenvalue weighted by Gasteiger charge is -2.13. The number of amides is 4. The van der Waals surface area contributed by atoms with Crippen LogP contribution in [0.1, 0.15) is 15.9 Å². The molecule has 0 aromatic heterocycles. The predicted molar refractivity (Wildman–Crippen MR) is 62.1 cm³/mol. The molecule has 1 saturated heterocycles. The molecule has 7 heteroatoms. The number of carboxylic acid groups (broad SMARTS) is 1. The van der Waals surface area contributed by atoms with Crippen LogP contribution in [0.25, 0.3) is 0 Å². The second kappa shape index (κ2) is 4.52. The lowest BCUT2D eigenvalue weighted by molar-refractivity contribution is -0.143. The number of rotatable bonds is 3. The fraction of sp³-hybridized carbons (Fsp3) is 0.167. The van der Waals surface area contributed by atoms with Crippen molar-refractivity contribution >= 4 is 23.8 Å². The molecule has 0 bridgehead atoms. The van der Waals surface area contributed by atoms with E-state index in [0.29, 0.717) is 5.56 Å². The topological polar surface area (TPSA) is 95.0 Å². The minimum Gasteiger partial charge on any atom is -0.478 e. The molecular weight excluding hydrogens is 252 g/mol. The summed E-state index contributed by atoms with van der Waals surface area (Å²) in [6.07, 6.45) is 0. The molecule has 1 aromatic carbocycles. The number of benzene rings is 1. The number of urea groups is 1. The third kappa shape index (κ3) is 2.17. The average molecular weight is 262 g/mol. The Balaban J connectivity index is 2.24. The maximum absolute atomic E-state index is 11.6. The maximum atomic E-state index is 11.6. The first-order valence-electron chi connectivity index (χ1n) is 5.37. The van der Waals surface area contributed by atoms with Crippen molar-refractivity contribution in [3.63, 3.8) is 0 Å². The van der Waals surface area contributed by atoms with E-state index >= 15 is 0 Å². The van der Waals surface area contributed by atoms with Crippen molar-refractivity contribution in [2.45, 2.75) is 6.54 Å². The van der Waals surface area contributed by atoms with Gasteiger partial charge in [0.25, 0.3) is 0 Å². The van der Waals surface area contributed by atoms with Crippen LogP contribution in [0.15, 0.2) is 24.3 Å². The van der Waals surface area contributed by atoms with Crippen LogP contribution >= 0.6 is 0 Å². The van der Waals surface area contributed by atoms with E-state index in [9.17, 15) is 19.2 Å². The number of hydrogen-bond acceptors (Lipinski definition) is 4. The molecule has 1 heterocycles. The number of hydrogen-bond donors (Lipinski definition) is 1. The van der Waals surface area contributed by atoms with Crippen molar-refractivity contribution in [2.24, 2.45) is 0 Å². The molecule has 1 N–H and O–H groups in total. The zero-order chi connectivity index (χ0) is 14.2. The Hall–Kier alpha value is -2.70. The fourth-order valence-corrected chi connectivity index (χ4v) is 1.74. The molecule has 98 valence electrons. The average Bonchev–Trinajstić information content (AvgIpc) is 2.57. The van der Waals surface area contributed by atoms with Crippen LogP contribution in [0, 0.1) is 0 Å². The molecule has 0 spiro atoms. The lowest BCUT2D eigenvalue weighted by atomic mass is 10.1. The van der Waals surface area contributed by atoms with E-state index in [1.165, 1.54) is 25.2 Å². The third-order valence-corrected chi connectivity index (χ3v) is 2.77. The number of likely N-dealkylation sites (N-methyl/N-ethyl adjacent to an activating group) is 1. The van der Waals surface area contributed by atoms with Crippen LogP contribution in [-0.2, 0) is 16.1 Å². The zero-order valence-electron chi connectivity index (χ0n) is 9.99. The highest BCUT2D eigenvalue weighted by molar-refractivity contribution is 6.44. The second-order valence-electron chi connectivity index (χ2n) is 4.04. The van der Waals surface area contributed by atoms with Crippen LogP contribution in [0.2, 0.25) is 0 Å². The van der Waals surface area contributed by atoms with Gasteiger partial charge in [0.2, 0.25) is 0 Å². The van der Waals surface area contributed by atoms with Gasteiger partial charge in [0.05, 0.1) is 12.1 Å². The molecule has 0 saturated carbocycles. The fourth-order valence-electron chi connectivity index (χ4n) is 1.74. The van der Waals surface area contributed by atoms with Gasteiger partial charge in [-0.1, -0.05) is 12.1 Å². The van der Waals surface area contributed by atoms with Crippen LogP contribution in [0.4, 0.5) is 4.79 Å². The van der Waals surface area contributed by atoms with E-state index in [1.54, 1.807) is 6.07 Å². The first kappa shape index (κ1) is 12.7. The van der Waals surface area contributed by atoms with Gasteiger partial charge in [0.15, 0.2) is 0 Å². The number of carbonyl (C=O) groups excluding carboxylic acids is 3. The molecule has 0 radical (unpaired) electrons. The predicted octanol–water partition coefficient (Wildman–Crippen LogP) is 0.305. The normalized spacial score (nSPS) is 15.3. The summed E-state index contributed by atoms with van der Waals surface area (Å²) in [5.74, 6) is -2.90. The standard InChI is InChI=1S/C12H10N2O5/c1-13-9(15)10(16)14(12(13)19)6-7-3-2-4-8(5-7)11(17)18/h2-5H,6H2,1H3,(H,17,18). The highest BCUT2D eigenvalue weighted by atomic mass is 16.4. The Labute approximate surface area is 108 Å². The van der Waals surface area contributed by atoms with Crippen molar-refractivity contribution in [1.82, 2.24) is 9.80 Å². The minimum absolute atomic E-state index is 0.0521. The van der Waals surface area contributed by atoms with Crippen molar-refractivity contribution in [2.75, 3.05) is 7.05 Å². The molecule has 1 aliphatic rings. The Bertz CT molecular complexity index is 596. The van der Waals surface area contributed by atoms with Gasteiger partial charge in [-0.15, -0.1) is 0 Å². The van der Waals surface area contributed by atoms with E-state index in [1.807, 2.05) is 0 Å². The van der Waals surface area contributed by atoms with Gasteiger partial charge in [-0.3, -0.25) is 19.4 Å². The van der Waals surface area contributed by atoms with E-state index in [0.717, 1.165) is 9.80 Å². The van der Waals surface area contributed by atoms with Gasteiger partial charge in [-0.2, -0.15) is 0 Å². The number of nitrogens with zero attached hydrogens (tertiary/aromatic N) is 2. The molecule has 2 rings (SSSR count). The zero-order valence-corrected chi connectivity index (χ0v) is 9.99. The van der Waals surface area contributed by atoms with Crippen LogP contribution in [-0.4, -0.2) is 45.8 Å². The number of carbonyl (C=O) groups is 4. The Morgan fingerprint density at radius 1 is 1.21 bits per heavy atom. The van der Waals surface area contributed by atoms with Gasteiger partial charge in [-0.25, -0.2) is 9.59 Å². The van der Waals surface area contributed by atoms with Crippen molar-refractivity contribution < 1.29 is 24.3 Å². The minimum atomic E-state index is -1.10. The smallest absolute Gasteiger partial charge is 0.335 e. The Kier molecular flexibility index (Phi) is 3.04. The van der Waals surface area contributed by atoms with Gasteiger partial charge in [-0.05, 0) is 17.7 Å². The maximum Gasteiger partial charge on any atom is 0.335 e. The summed E-state index contributed by atoms with van der Waals surface area (Å²) in [5.41, 5.74) is 0.515. The summed E-state index contributed by atoms with van der Waals surface area (Å²) in [7, 11) is 1.22. The number of aromatic carboxylic acids is 1. The Morgan fingerprint density at radius 2 is 1.89 bits per heavy atom. The van der Waals surface area contributed by atoms with Gasteiger partial charge < -0.3 is 5.11 Å². The molecule has 1 aliphatic heterocycles. The molecule has 4 amide bonds. The third-order valence-electron chi connectivity index (χ3n) is 2.77. The van der Waals surface area contributed by atoms with Gasteiger partial charge in [0.1, 0.15) is 0 Å². The molecule has 0 unspecified atom stereocenters. The quantitative estimate of drug-likeness (QED) is 0.624. The summed E-state index contributed by atoms with van der Waals surface area (Å²) >= 11 is 0. The first-order chi connectivity index (χ1) is 8.91. The highest BCUT2D eigenvalue weighted by Crippen LogP contribution is 2.15. The largest absolute Gasteiger partial charge is 0.478 e. The summed E-state index contributed by atoms with van der Waals surface area (Å²) < 4.78 is 0. The summed E-state index contributed by atoms with van der Waals surface area (Å²) in [6, 6.07) is 5.13. The van der Waals surface area contributed by atoms with E-state index in [-0.39, 0.29) is 12.1 Å². The van der Waals surface area contributed by atoms with E-state index in [2.05, 4.69) is 0 Å². The lowest BCUT2D eigenvalue weighted by Crippen LogP contribution is -2.31. The van der Waals surface area contributed by atoms with Crippen molar-refractivity contribution in [3.05, 3.63) is 35.4 Å². The highest BCUT2D eigenvalue weighted by Gasteiger charge is 2.41. The molecule has 1 fully saturated rings. The van der Waals surface area contributed by atoms with Crippen LogP contribution in [0.3, 0.4) is 0 Å². The second-order valence-corrected chi connectivity index (χ2v) is 4.04. The molecule has 0 atom stereocenters. The summed E-state index contributed by atoms with van der Waals surface area (Å²) in [5, 5.41) is 8.85. The number of carboxylic acids is 1. The molecule has 1 aromatic rings. The van der Waals surface area contributed by atoms with E-state index in [4.69, 9.17) is 5.11 Å². The van der Waals surface area contributed by atoms with Crippen LogP contribution < -0.4 is 0 Å². The van der Waals surface area contributed by atoms with Crippen LogP contribution in [0.5, 0.6) is 0 Å². The van der Waals surface area contributed by atoms with Gasteiger partial charge in [0, 0.05) is 7.05 Å². The van der Waals surface area contributed by atoms with Crippen molar-refractivity contribution in [3.8, 4) is 0 Å². The SMILES string of the molecule is CN1C(=O)C(=O)N(Cc2cccc(C(=O)O)c2)C1=O. The van der Waals surface area contributed by atoms with Crippen molar-refractivity contribution in [1.29, 1.82) is 0 Å². The van der Waals surface area contributed by atoms with E-state index < -0.39 is 23.8 Å². The Morgan fingerprint density at radius 3 is 2.42 bits per heavy atom. The first-order valence-corrected chi connectivity index (χ1v) is 5.37. The molecular formula is C12H10N2O5. The monoisotopic (exact) mass is 262 g/mol. The number of imide groups is 2.